The first-order chi connectivity index (χ1) is 11.7. The number of hydrogen-bond acceptors (Lipinski definition) is 5. The Labute approximate surface area is 146 Å². The van der Waals surface area contributed by atoms with Gasteiger partial charge in [-0.25, -0.2) is 0 Å². The lowest BCUT2D eigenvalue weighted by Gasteiger charge is -2.57. The Bertz CT molecular complexity index is 812. The molecule has 0 aromatic carbocycles. The average molecular weight is 342 g/mol. The van der Waals surface area contributed by atoms with Crippen molar-refractivity contribution in [3.8, 4) is 0 Å². The van der Waals surface area contributed by atoms with E-state index in [0.717, 1.165) is 12.8 Å². The maximum atomic E-state index is 13.0. The fraction of sp³-hybridized carbons (Fsp3) is 0.550. The summed E-state index contributed by atoms with van der Waals surface area (Å²) in [5, 5.41) is 10.7. The molecule has 2 fully saturated rings. The molecule has 5 nitrogen and oxygen atoms in total. The van der Waals surface area contributed by atoms with Crippen LogP contribution in [-0.4, -0.2) is 34.7 Å². The monoisotopic (exact) mass is 342 g/mol. The molecule has 25 heavy (non-hydrogen) atoms. The van der Waals surface area contributed by atoms with Crippen LogP contribution in [0.1, 0.15) is 40.0 Å². The second-order valence-corrected chi connectivity index (χ2v) is 8.07. The van der Waals surface area contributed by atoms with Crippen molar-refractivity contribution < 1.29 is 24.2 Å². The van der Waals surface area contributed by atoms with Gasteiger partial charge in [0.2, 0.25) is 11.6 Å². The highest BCUT2D eigenvalue weighted by atomic mass is 16.5. The van der Waals surface area contributed by atoms with E-state index in [0.29, 0.717) is 12.0 Å². The lowest BCUT2D eigenvalue weighted by molar-refractivity contribution is -0.181. The number of carbonyl (C=O) groups is 3. The highest BCUT2D eigenvalue weighted by Crippen LogP contribution is 2.58. The summed E-state index contributed by atoms with van der Waals surface area (Å²) in [5.74, 6) is -1.85. The quantitative estimate of drug-likeness (QED) is 0.585. The van der Waals surface area contributed by atoms with Crippen molar-refractivity contribution in [2.45, 2.75) is 45.6 Å². The van der Waals surface area contributed by atoms with Gasteiger partial charge in [-0.2, -0.15) is 0 Å². The fourth-order valence-electron chi connectivity index (χ4n) is 5.14. The number of Topliss-reactive ketones (excluding diaryl/α,β-unsaturated/α-hetero) is 3. The largest absolute Gasteiger partial charge is 0.507 e. The number of carbonyl (C=O) groups excluding carboxylic acids is 3. The standard InChI is InChI=1S/C20H22O5/c1-10(2)14-16(22)11-5-6-12-19(3)7-4-8-20(12,25-9-13(19)21)15(11)18(24)17(14)23/h5-6,10,12,22H,4,7-9H2,1-3H3/t12-,19-,20+/m0/s1. The van der Waals surface area contributed by atoms with Crippen LogP contribution in [0.2, 0.25) is 0 Å². The first-order valence-corrected chi connectivity index (χ1v) is 8.87. The van der Waals surface area contributed by atoms with Gasteiger partial charge >= 0.3 is 0 Å². The molecule has 5 heteroatoms. The number of rotatable bonds is 1. The van der Waals surface area contributed by atoms with Gasteiger partial charge in [0.25, 0.3) is 0 Å². The van der Waals surface area contributed by atoms with E-state index in [1.54, 1.807) is 19.9 Å². The molecule has 3 aliphatic carbocycles. The molecule has 1 saturated heterocycles. The van der Waals surface area contributed by atoms with E-state index in [9.17, 15) is 19.5 Å². The molecule has 0 amide bonds. The van der Waals surface area contributed by atoms with Gasteiger partial charge < -0.3 is 9.84 Å². The van der Waals surface area contributed by atoms with E-state index in [1.807, 2.05) is 13.0 Å². The summed E-state index contributed by atoms with van der Waals surface area (Å²) in [6.45, 7) is 5.43. The van der Waals surface area contributed by atoms with E-state index in [-0.39, 0.29) is 41.1 Å². The maximum absolute atomic E-state index is 13.0. The van der Waals surface area contributed by atoms with Crippen molar-refractivity contribution in [3.05, 3.63) is 34.6 Å². The minimum absolute atomic E-state index is 0.0405. The zero-order chi connectivity index (χ0) is 18.1. The van der Waals surface area contributed by atoms with Crippen LogP contribution < -0.4 is 0 Å². The van der Waals surface area contributed by atoms with Crippen LogP contribution in [0.5, 0.6) is 0 Å². The normalized spacial score (nSPS) is 37.6. The van der Waals surface area contributed by atoms with Gasteiger partial charge in [-0.05, 0) is 25.2 Å². The zero-order valence-electron chi connectivity index (χ0n) is 14.7. The van der Waals surface area contributed by atoms with Crippen LogP contribution in [0.25, 0.3) is 0 Å². The minimum Gasteiger partial charge on any atom is -0.507 e. The highest BCUT2D eigenvalue weighted by molar-refractivity contribution is 6.51. The average Bonchev–Trinajstić information content (AvgIpc) is 2.55. The van der Waals surface area contributed by atoms with Gasteiger partial charge in [-0.1, -0.05) is 32.9 Å². The Morgan fingerprint density at radius 1 is 1.20 bits per heavy atom. The van der Waals surface area contributed by atoms with Crippen LogP contribution in [0.15, 0.2) is 34.6 Å². The molecule has 1 aliphatic heterocycles. The maximum Gasteiger partial charge on any atom is 0.233 e. The molecule has 1 heterocycles. The summed E-state index contributed by atoms with van der Waals surface area (Å²) in [5.41, 5.74) is -0.761. The van der Waals surface area contributed by atoms with Gasteiger partial charge in [0.15, 0.2) is 5.78 Å². The summed E-state index contributed by atoms with van der Waals surface area (Å²) in [4.78, 5) is 38.2. The smallest absolute Gasteiger partial charge is 0.233 e. The van der Waals surface area contributed by atoms with Crippen LogP contribution >= 0.6 is 0 Å². The van der Waals surface area contributed by atoms with Crippen LogP contribution in [0.4, 0.5) is 0 Å². The molecular formula is C20H22O5. The van der Waals surface area contributed by atoms with Gasteiger partial charge in [0.05, 0.1) is 0 Å². The van der Waals surface area contributed by atoms with Crippen molar-refractivity contribution in [1.29, 1.82) is 0 Å². The van der Waals surface area contributed by atoms with Crippen LogP contribution in [-0.2, 0) is 19.1 Å². The van der Waals surface area contributed by atoms with Crippen molar-refractivity contribution in [2.24, 2.45) is 17.3 Å². The van der Waals surface area contributed by atoms with Gasteiger partial charge in [-0.15, -0.1) is 0 Å². The first-order valence-electron chi connectivity index (χ1n) is 8.87. The molecule has 0 unspecified atom stereocenters. The molecule has 0 spiro atoms. The lowest BCUT2D eigenvalue weighted by Crippen LogP contribution is -2.63. The Hall–Kier alpha value is -2.01. The molecule has 0 radical (unpaired) electrons. The van der Waals surface area contributed by atoms with Gasteiger partial charge in [0.1, 0.15) is 18.0 Å². The minimum atomic E-state index is -0.978. The third kappa shape index (κ3) is 1.85. The van der Waals surface area contributed by atoms with E-state index in [2.05, 4.69) is 0 Å². The molecular weight excluding hydrogens is 320 g/mol. The molecule has 4 aliphatic rings. The Morgan fingerprint density at radius 2 is 1.92 bits per heavy atom. The third-order valence-corrected chi connectivity index (χ3v) is 6.44. The number of hydrogen-bond donors (Lipinski definition) is 1. The molecule has 0 aromatic rings. The number of ether oxygens (including phenoxy) is 1. The molecule has 1 saturated carbocycles. The first kappa shape index (κ1) is 16.5. The SMILES string of the molecule is CC(C)C1=C(O)C2=C(C(=O)C1=O)[C@]13CCC[C@](C)(C(=O)CO1)[C@@H]3C=C2. The Kier molecular flexibility index (Phi) is 3.30. The topological polar surface area (TPSA) is 80.7 Å². The van der Waals surface area contributed by atoms with E-state index in [4.69, 9.17) is 4.74 Å². The van der Waals surface area contributed by atoms with Crippen molar-refractivity contribution >= 4 is 17.3 Å². The van der Waals surface area contributed by atoms with Crippen molar-refractivity contribution in [2.75, 3.05) is 6.61 Å². The fourth-order valence-corrected chi connectivity index (χ4v) is 5.14. The summed E-state index contributed by atoms with van der Waals surface area (Å²) < 4.78 is 5.98. The molecule has 4 rings (SSSR count). The zero-order valence-corrected chi connectivity index (χ0v) is 14.7. The lowest BCUT2D eigenvalue weighted by atomic mass is 9.52. The second kappa shape index (κ2) is 5.01. The molecule has 1 N–H and O–H groups in total. The Morgan fingerprint density at radius 3 is 2.60 bits per heavy atom. The summed E-state index contributed by atoms with van der Waals surface area (Å²) in [6.07, 6.45) is 5.66. The van der Waals surface area contributed by atoms with Crippen LogP contribution in [0, 0.1) is 17.3 Å². The number of allylic oxidation sites excluding steroid dienone is 2. The van der Waals surface area contributed by atoms with Crippen molar-refractivity contribution in [3.63, 3.8) is 0 Å². The summed E-state index contributed by atoms with van der Waals surface area (Å²) >= 11 is 0. The molecule has 0 aromatic heterocycles. The molecule has 3 atom stereocenters. The second-order valence-electron chi connectivity index (χ2n) is 8.07. The third-order valence-electron chi connectivity index (χ3n) is 6.44. The summed E-state index contributed by atoms with van der Waals surface area (Å²) in [6, 6.07) is 0. The van der Waals surface area contributed by atoms with E-state index < -0.39 is 22.6 Å². The number of aliphatic hydroxyl groups is 1. The number of aliphatic hydroxyl groups excluding tert-OH is 1. The number of ketones is 3. The summed E-state index contributed by atoms with van der Waals surface area (Å²) in [7, 11) is 0. The van der Waals surface area contributed by atoms with Gasteiger partial charge in [0, 0.05) is 28.1 Å². The predicted molar refractivity (Wildman–Crippen MR) is 89.8 cm³/mol. The predicted octanol–water partition coefficient (Wildman–Crippen LogP) is 2.62. The molecule has 2 bridgehead atoms. The molecule has 132 valence electrons. The Balaban J connectivity index is 1.96. The van der Waals surface area contributed by atoms with Crippen LogP contribution in [0.3, 0.4) is 0 Å². The van der Waals surface area contributed by atoms with Crippen molar-refractivity contribution in [1.82, 2.24) is 0 Å². The highest BCUT2D eigenvalue weighted by Gasteiger charge is 2.63. The van der Waals surface area contributed by atoms with Gasteiger partial charge in [-0.3, -0.25) is 14.4 Å². The van der Waals surface area contributed by atoms with E-state index >= 15 is 0 Å². The van der Waals surface area contributed by atoms with E-state index in [1.165, 1.54) is 0 Å².